The number of hydrogen-bond acceptors (Lipinski definition) is 3. The van der Waals surface area contributed by atoms with Crippen LogP contribution in [-0.2, 0) is 4.79 Å². The van der Waals surface area contributed by atoms with Gasteiger partial charge in [0.1, 0.15) is 0 Å². The van der Waals surface area contributed by atoms with E-state index in [9.17, 15) is 9.18 Å². The average Bonchev–Trinajstić information content (AvgIpc) is 2.58. The van der Waals surface area contributed by atoms with Gasteiger partial charge in [-0.1, -0.05) is 6.07 Å². The summed E-state index contributed by atoms with van der Waals surface area (Å²) in [6, 6.07) is 4.68. The molecule has 0 spiro atoms. The molecule has 148 valence electrons. The quantitative estimate of drug-likeness (QED) is 0.319. The molecule has 1 aromatic rings. The van der Waals surface area contributed by atoms with Crippen molar-refractivity contribution < 1.29 is 13.9 Å². The summed E-state index contributed by atoms with van der Waals surface area (Å²) in [7, 11) is 3.04. The molecular weight excluding hydrogens is 450 g/mol. The predicted octanol–water partition coefficient (Wildman–Crippen LogP) is 2.84. The van der Waals surface area contributed by atoms with E-state index in [2.05, 4.69) is 20.9 Å². The molecule has 1 aromatic carbocycles. The minimum atomic E-state index is -0.618. The Balaban J connectivity index is 0.00000625. The van der Waals surface area contributed by atoms with Crippen molar-refractivity contribution in [2.75, 3.05) is 27.2 Å². The van der Waals surface area contributed by atoms with Crippen LogP contribution in [0.25, 0.3) is 0 Å². The first-order valence-corrected chi connectivity index (χ1v) is 8.35. The number of guanidine groups is 1. The Morgan fingerprint density at radius 3 is 2.54 bits per heavy atom. The van der Waals surface area contributed by atoms with Crippen LogP contribution >= 0.6 is 24.0 Å². The largest absolute Gasteiger partial charge is 0.494 e. The van der Waals surface area contributed by atoms with Gasteiger partial charge < -0.3 is 20.7 Å². The molecule has 8 heteroatoms. The number of carbonyl (C=O) groups is 1. The summed E-state index contributed by atoms with van der Waals surface area (Å²) in [6.07, 6.45) is 0. The third-order valence-corrected chi connectivity index (χ3v) is 3.85. The van der Waals surface area contributed by atoms with Crippen molar-refractivity contribution in [2.45, 2.75) is 33.7 Å². The van der Waals surface area contributed by atoms with Gasteiger partial charge in [-0.15, -0.1) is 24.0 Å². The van der Waals surface area contributed by atoms with Crippen LogP contribution in [0.3, 0.4) is 0 Å². The van der Waals surface area contributed by atoms with Gasteiger partial charge in [0.15, 0.2) is 17.5 Å². The molecule has 6 nitrogen and oxygen atoms in total. The first-order chi connectivity index (χ1) is 11.7. The predicted molar refractivity (Wildman–Crippen MR) is 114 cm³/mol. The van der Waals surface area contributed by atoms with Crippen molar-refractivity contribution in [3.05, 3.63) is 29.6 Å². The summed E-state index contributed by atoms with van der Waals surface area (Å²) >= 11 is 0. The number of rotatable bonds is 7. The van der Waals surface area contributed by atoms with Crippen molar-refractivity contribution >= 4 is 35.8 Å². The zero-order chi connectivity index (χ0) is 19.0. The lowest BCUT2D eigenvalue weighted by Gasteiger charge is -2.22. The number of benzene rings is 1. The van der Waals surface area contributed by atoms with Crippen LogP contribution < -0.4 is 20.7 Å². The van der Waals surface area contributed by atoms with Gasteiger partial charge >= 0.3 is 0 Å². The Morgan fingerprint density at radius 2 is 2.04 bits per heavy atom. The highest BCUT2D eigenvalue weighted by Crippen LogP contribution is 2.21. The van der Waals surface area contributed by atoms with E-state index in [1.165, 1.54) is 13.2 Å². The fraction of sp³-hybridized carbons (Fsp3) is 0.556. The van der Waals surface area contributed by atoms with Gasteiger partial charge in [0.25, 0.3) is 0 Å². The second-order valence-electron chi connectivity index (χ2n) is 6.42. The van der Waals surface area contributed by atoms with Gasteiger partial charge in [0, 0.05) is 13.6 Å². The Labute approximate surface area is 172 Å². The molecule has 0 aliphatic carbocycles. The van der Waals surface area contributed by atoms with E-state index in [0.717, 1.165) is 5.56 Å². The third-order valence-electron chi connectivity index (χ3n) is 3.85. The highest BCUT2D eigenvalue weighted by molar-refractivity contribution is 14.0. The number of amides is 1. The number of halogens is 2. The normalized spacial score (nSPS) is 12.7. The monoisotopic (exact) mass is 480 g/mol. The molecule has 0 aromatic heterocycles. The van der Waals surface area contributed by atoms with Crippen molar-refractivity contribution in [1.29, 1.82) is 0 Å². The van der Waals surface area contributed by atoms with Crippen molar-refractivity contribution in [1.82, 2.24) is 16.0 Å². The second-order valence-corrected chi connectivity index (χ2v) is 6.42. The molecule has 0 saturated carbocycles. The number of ether oxygens (including phenoxy) is 1. The molecule has 0 bridgehead atoms. The lowest BCUT2D eigenvalue weighted by Crippen LogP contribution is -2.41. The van der Waals surface area contributed by atoms with E-state index >= 15 is 0 Å². The minimum absolute atomic E-state index is 0. The summed E-state index contributed by atoms with van der Waals surface area (Å²) in [5, 5.41) is 9.01. The molecular formula is C18H30FIN4O2. The smallest absolute Gasteiger partial charge is 0.227 e. The van der Waals surface area contributed by atoms with E-state index in [0.29, 0.717) is 19.0 Å². The standard InChI is InChI=1S/C18H29FN4O2.HI/c1-7-21-17(22-11-18(3,4)16(24)20-5)23-12(2)13-8-9-15(25-6)14(19)10-13;/h8-10,12H,7,11H2,1-6H3,(H,20,24)(H2,21,22,23);1H. The summed E-state index contributed by atoms with van der Waals surface area (Å²) in [4.78, 5) is 16.4. The van der Waals surface area contributed by atoms with Crippen LogP contribution in [0.4, 0.5) is 4.39 Å². The second kappa shape index (κ2) is 11.2. The summed E-state index contributed by atoms with van der Waals surface area (Å²) in [6.45, 7) is 8.54. The number of hydrogen-bond donors (Lipinski definition) is 3. The highest BCUT2D eigenvalue weighted by atomic mass is 127. The van der Waals surface area contributed by atoms with Crippen LogP contribution in [0.5, 0.6) is 5.75 Å². The van der Waals surface area contributed by atoms with E-state index < -0.39 is 11.2 Å². The first kappa shape index (κ1) is 24.4. The van der Waals surface area contributed by atoms with E-state index in [1.54, 1.807) is 19.2 Å². The number of nitrogens with zero attached hydrogens (tertiary/aromatic N) is 1. The van der Waals surface area contributed by atoms with E-state index in [1.807, 2.05) is 27.7 Å². The first-order valence-electron chi connectivity index (χ1n) is 8.35. The third kappa shape index (κ3) is 6.97. The molecule has 0 aliphatic rings. The lowest BCUT2D eigenvalue weighted by molar-refractivity contribution is -0.128. The fourth-order valence-corrected chi connectivity index (χ4v) is 2.25. The van der Waals surface area contributed by atoms with Gasteiger partial charge in [-0.25, -0.2) is 4.39 Å². The van der Waals surface area contributed by atoms with Crippen molar-refractivity contribution in [2.24, 2.45) is 10.4 Å². The molecule has 1 unspecified atom stereocenters. The molecule has 3 N–H and O–H groups in total. The maximum atomic E-state index is 13.9. The number of nitrogens with one attached hydrogen (secondary N) is 3. The number of methoxy groups -OCH3 is 1. The van der Waals surface area contributed by atoms with E-state index in [-0.39, 0.29) is 41.7 Å². The number of aliphatic imine (C=N–C) groups is 1. The fourth-order valence-electron chi connectivity index (χ4n) is 2.25. The summed E-state index contributed by atoms with van der Waals surface area (Å²) in [5.74, 6) is 0.306. The zero-order valence-corrected chi connectivity index (χ0v) is 18.6. The van der Waals surface area contributed by atoms with Crippen LogP contribution in [0.15, 0.2) is 23.2 Å². The van der Waals surface area contributed by atoms with Gasteiger partial charge in [-0.2, -0.15) is 0 Å². The molecule has 0 fully saturated rings. The molecule has 26 heavy (non-hydrogen) atoms. The molecule has 1 atom stereocenters. The Kier molecular flexibility index (Phi) is 10.5. The van der Waals surface area contributed by atoms with Crippen molar-refractivity contribution in [3.8, 4) is 5.75 Å². The topological polar surface area (TPSA) is 74.8 Å². The zero-order valence-electron chi connectivity index (χ0n) is 16.3. The molecule has 0 aliphatic heterocycles. The minimum Gasteiger partial charge on any atom is -0.494 e. The molecule has 1 amide bonds. The van der Waals surface area contributed by atoms with Gasteiger partial charge in [-0.3, -0.25) is 9.79 Å². The molecule has 1 rings (SSSR count). The van der Waals surface area contributed by atoms with E-state index in [4.69, 9.17) is 4.74 Å². The average molecular weight is 480 g/mol. The van der Waals surface area contributed by atoms with Gasteiger partial charge in [-0.05, 0) is 45.4 Å². The molecule has 0 saturated heterocycles. The van der Waals surface area contributed by atoms with Crippen molar-refractivity contribution in [3.63, 3.8) is 0 Å². The highest BCUT2D eigenvalue weighted by Gasteiger charge is 2.26. The van der Waals surface area contributed by atoms with Crippen LogP contribution in [0.2, 0.25) is 0 Å². The summed E-state index contributed by atoms with van der Waals surface area (Å²) < 4.78 is 18.8. The Hall–Kier alpha value is -1.58. The SMILES string of the molecule is CCNC(=NCC(C)(C)C(=O)NC)NC(C)c1ccc(OC)c(F)c1.I. The van der Waals surface area contributed by atoms with Crippen LogP contribution in [0.1, 0.15) is 39.3 Å². The maximum Gasteiger partial charge on any atom is 0.227 e. The Bertz CT molecular complexity index is 623. The lowest BCUT2D eigenvalue weighted by atomic mass is 9.93. The maximum absolute atomic E-state index is 13.9. The van der Waals surface area contributed by atoms with Crippen LogP contribution in [-0.4, -0.2) is 39.1 Å². The van der Waals surface area contributed by atoms with Gasteiger partial charge in [0.05, 0.1) is 25.1 Å². The Morgan fingerprint density at radius 1 is 1.38 bits per heavy atom. The molecule has 0 heterocycles. The molecule has 0 radical (unpaired) electrons. The van der Waals surface area contributed by atoms with Gasteiger partial charge in [0.2, 0.25) is 5.91 Å². The van der Waals surface area contributed by atoms with Crippen LogP contribution in [0, 0.1) is 11.2 Å². The number of carbonyl (C=O) groups excluding carboxylic acids is 1. The summed E-state index contributed by atoms with van der Waals surface area (Å²) in [5.41, 5.74) is 0.154.